The summed E-state index contributed by atoms with van der Waals surface area (Å²) in [5.74, 6) is 0.667. The van der Waals surface area contributed by atoms with Crippen LogP contribution in [0.4, 0.5) is 0 Å². The van der Waals surface area contributed by atoms with Crippen LogP contribution in [0.3, 0.4) is 0 Å². The highest BCUT2D eigenvalue weighted by molar-refractivity contribution is 5.81. The van der Waals surface area contributed by atoms with E-state index in [4.69, 9.17) is 4.74 Å². The van der Waals surface area contributed by atoms with Gasteiger partial charge in [-0.25, -0.2) is 0 Å². The molecule has 14 heavy (non-hydrogen) atoms. The highest BCUT2D eigenvalue weighted by Gasteiger charge is 2.34. The lowest BCUT2D eigenvalue weighted by Crippen LogP contribution is -2.14. The Balaban J connectivity index is 2.60. The van der Waals surface area contributed by atoms with Crippen LogP contribution < -0.4 is 0 Å². The number of hydrogen-bond acceptors (Lipinski definition) is 2. The van der Waals surface area contributed by atoms with Crippen LogP contribution >= 0.6 is 0 Å². The molecular formula is C12H12O2. The lowest BCUT2D eigenvalue weighted by Gasteiger charge is -2.18. The van der Waals surface area contributed by atoms with Crippen LogP contribution in [0.1, 0.15) is 25.0 Å². The van der Waals surface area contributed by atoms with Gasteiger partial charge in [-0.05, 0) is 13.8 Å². The molecule has 0 aromatic heterocycles. The summed E-state index contributed by atoms with van der Waals surface area (Å²) in [6, 6.07) is 7.93. The predicted molar refractivity (Wildman–Crippen MR) is 54.6 cm³/mol. The number of carbonyl (C=O) groups is 1. The monoisotopic (exact) mass is 188 g/mol. The summed E-state index contributed by atoms with van der Waals surface area (Å²) in [7, 11) is 0. The maximum absolute atomic E-state index is 10.4. The first-order valence-corrected chi connectivity index (χ1v) is 4.59. The largest absolute Gasteiger partial charge is 0.482 e. The van der Waals surface area contributed by atoms with Crippen molar-refractivity contribution >= 4 is 12.0 Å². The first-order chi connectivity index (χ1) is 6.65. The summed E-state index contributed by atoms with van der Waals surface area (Å²) in [6.07, 6.45) is 2.22. The van der Waals surface area contributed by atoms with E-state index < -0.39 is 0 Å². The Morgan fingerprint density at radius 2 is 2.00 bits per heavy atom. The Hall–Kier alpha value is -1.57. The molecule has 72 valence electrons. The van der Waals surface area contributed by atoms with E-state index in [1.165, 1.54) is 6.08 Å². The second kappa shape index (κ2) is 2.98. The van der Waals surface area contributed by atoms with Gasteiger partial charge in [0, 0.05) is 17.2 Å². The molecule has 0 N–H and O–H groups in total. The van der Waals surface area contributed by atoms with Crippen molar-refractivity contribution in [3.05, 3.63) is 41.5 Å². The molecule has 1 heterocycles. The zero-order valence-corrected chi connectivity index (χ0v) is 8.28. The van der Waals surface area contributed by atoms with Crippen molar-refractivity contribution in [1.82, 2.24) is 0 Å². The predicted octanol–water partition coefficient (Wildman–Crippen LogP) is 2.49. The van der Waals surface area contributed by atoms with Gasteiger partial charge in [-0.3, -0.25) is 4.79 Å². The average molecular weight is 188 g/mol. The van der Waals surface area contributed by atoms with Crippen LogP contribution in [0.15, 0.2) is 30.3 Å². The maximum Gasteiger partial charge on any atom is 0.146 e. The Labute approximate surface area is 83.2 Å². The molecule has 2 nitrogen and oxygen atoms in total. The fraction of sp³-hybridized carbons (Fsp3) is 0.250. The number of allylic oxidation sites excluding steroid dienone is 1. The van der Waals surface area contributed by atoms with Gasteiger partial charge in [0.1, 0.15) is 17.6 Å². The molecule has 0 spiro atoms. The summed E-state index contributed by atoms with van der Waals surface area (Å²) in [4.78, 5) is 10.4. The quantitative estimate of drug-likeness (QED) is 0.500. The van der Waals surface area contributed by atoms with Crippen molar-refractivity contribution in [2.75, 3.05) is 0 Å². The van der Waals surface area contributed by atoms with Crippen LogP contribution in [0.5, 0.6) is 0 Å². The zero-order valence-electron chi connectivity index (χ0n) is 8.28. The number of ether oxygens (including phenoxy) is 1. The Morgan fingerprint density at radius 3 is 2.71 bits per heavy atom. The zero-order chi connectivity index (χ0) is 10.2. The van der Waals surface area contributed by atoms with E-state index in [0.29, 0.717) is 5.76 Å². The molecule has 0 fully saturated rings. The topological polar surface area (TPSA) is 26.3 Å². The number of rotatable bonds is 1. The van der Waals surface area contributed by atoms with Gasteiger partial charge in [0.25, 0.3) is 0 Å². The van der Waals surface area contributed by atoms with Crippen molar-refractivity contribution < 1.29 is 9.53 Å². The number of aldehydes is 1. The molecule has 1 aromatic carbocycles. The van der Waals surface area contributed by atoms with Crippen LogP contribution in [-0.2, 0) is 15.1 Å². The van der Waals surface area contributed by atoms with Crippen LogP contribution in [0.25, 0.3) is 5.76 Å². The van der Waals surface area contributed by atoms with Crippen molar-refractivity contribution in [2.45, 2.75) is 19.4 Å². The summed E-state index contributed by atoms with van der Waals surface area (Å²) in [5.41, 5.74) is 1.82. The van der Waals surface area contributed by atoms with Crippen LogP contribution in [-0.4, -0.2) is 6.29 Å². The summed E-state index contributed by atoms with van der Waals surface area (Å²) >= 11 is 0. The molecule has 2 heteroatoms. The van der Waals surface area contributed by atoms with Gasteiger partial charge >= 0.3 is 0 Å². The third-order valence-corrected chi connectivity index (χ3v) is 2.43. The lowest BCUT2D eigenvalue weighted by atomic mass is 9.96. The van der Waals surface area contributed by atoms with E-state index >= 15 is 0 Å². The minimum absolute atomic E-state index is 0.328. The highest BCUT2D eigenvalue weighted by Crippen LogP contribution is 2.41. The first-order valence-electron chi connectivity index (χ1n) is 4.59. The Kier molecular flexibility index (Phi) is 1.92. The Morgan fingerprint density at radius 1 is 1.29 bits per heavy atom. The fourth-order valence-electron chi connectivity index (χ4n) is 1.79. The number of carbonyl (C=O) groups excluding carboxylic acids is 1. The second-order valence-corrected chi connectivity index (χ2v) is 3.82. The number of hydrogen-bond donors (Lipinski definition) is 0. The summed E-state index contributed by atoms with van der Waals surface area (Å²) in [5, 5.41) is 0. The van der Waals surface area contributed by atoms with Gasteiger partial charge in [-0.15, -0.1) is 0 Å². The second-order valence-electron chi connectivity index (χ2n) is 3.82. The van der Waals surface area contributed by atoms with Crippen molar-refractivity contribution in [1.29, 1.82) is 0 Å². The average Bonchev–Trinajstić information content (AvgIpc) is 2.41. The molecule has 0 aliphatic carbocycles. The van der Waals surface area contributed by atoms with E-state index in [9.17, 15) is 4.79 Å². The molecule has 0 amide bonds. The van der Waals surface area contributed by atoms with Gasteiger partial charge in [0.05, 0.1) is 0 Å². The normalized spacial score (nSPS) is 20.3. The number of benzene rings is 1. The molecule has 1 aromatic rings. The summed E-state index contributed by atoms with van der Waals surface area (Å²) in [6.45, 7) is 3.99. The van der Waals surface area contributed by atoms with E-state index in [2.05, 4.69) is 0 Å². The van der Waals surface area contributed by atoms with Gasteiger partial charge in [-0.1, -0.05) is 24.3 Å². The van der Waals surface area contributed by atoms with Gasteiger partial charge in [0.15, 0.2) is 0 Å². The van der Waals surface area contributed by atoms with Crippen molar-refractivity contribution in [3.63, 3.8) is 0 Å². The molecule has 1 aliphatic heterocycles. The summed E-state index contributed by atoms with van der Waals surface area (Å²) < 4.78 is 5.69. The number of fused-ring (bicyclic) bond motifs is 1. The van der Waals surface area contributed by atoms with Crippen LogP contribution in [0.2, 0.25) is 0 Å². The minimum atomic E-state index is -0.328. The third-order valence-electron chi connectivity index (χ3n) is 2.43. The van der Waals surface area contributed by atoms with E-state index in [0.717, 1.165) is 17.4 Å². The van der Waals surface area contributed by atoms with Crippen molar-refractivity contribution in [3.8, 4) is 0 Å². The van der Waals surface area contributed by atoms with Crippen molar-refractivity contribution in [2.24, 2.45) is 0 Å². The molecule has 1 aliphatic rings. The standard InChI is InChI=1S/C12H12O2/c1-12(2)10-6-4-3-5-9(10)11(14-12)7-8-13/h3-8H,1-2H3/b11-7-. The minimum Gasteiger partial charge on any atom is -0.482 e. The van der Waals surface area contributed by atoms with Gasteiger partial charge in [0.2, 0.25) is 0 Å². The van der Waals surface area contributed by atoms with Gasteiger partial charge in [-0.2, -0.15) is 0 Å². The first kappa shape index (κ1) is 9.00. The molecule has 0 unspecified atom stereocenters. The van der Waals surface area contributed by atoms with Gasteiger partial charge < -0.3 is 4.74 Å². The van der Waals surface area contributed by atoms with E-state index in [1.54, 1.807) is 0 Å². The van der Waals surface area contributed by atoms with E-state index in [1.807, 2.05) is 38.1 Å². The Bertz CT molecular complexity index is 403. The third kappa shape index (κ3) is 1.23. The van der Waals surface area contributed by atoms with E-state index in [-0.39, 0.29) is 5.60 Å². The molecule has 0 bridgehead atoms. The molecule has 0 saturated heterocycles. The molecule has 2 rings (SSSR count). The molecule has 0 atom stereocenters. The molecular weight excluding hydrogens is 176 g/mol. The van der Waals surface area contributed by atoms with Crippen LogP contribution in [0, 0.1) is 0 Å². The lowest BCUT2D eigenvalue weighted by molar-refractivity contribution is -0.104. The molecule has 0 radical (unpaired) electrons. The maximum atomic E-state index is 10.4. The SMILES string of the molecule is CC1(C)O/C(=C\C=O)c2ccccc21. The molecule has 0 saturated carbocycles. The highest BCUT2D eigenvalue weighted by atomic mass is 16.5. The smallest absolute Gasteiger partial charge is 0.146 e. The fourth-order valence-corrected chi connectivity index (χ4v) is 1.79.